The smallest absolute Gasteiger partial charge is 0.229 e. The molecule has 19 heavy (non-hydrogen) atoms. The Morgan fingerprint density at radius 3 is 2.37 bits per heavy atom. The Labute approximate surface area is 114 Å². The highest BCUT2D eigenvalue weighted by molar-refractivity contribution is 5.97. The SMILES string of the molecule is O=C1CCCC(=O)N1C1CCNC2(CCCCC2)C1. The first-order valence-electron chi connectivity index (χ1n) is 7.80. The van der Waals surface area contributed by atoms with Gasteiger partial charge in [0.25, 0.3) is 0 Å². The minimum atomic E-state index is 0.0640. The molecular formula is C15H24N2O2. The molecule has 3 aliphatic rings. The van der Waals surface area contributed by atoms with Crippen LogP contribution in [0.15, 0.2) is 0 Å². The first-order chi connectivity index (χ1) is 9.20. The van der Waals surface area contributed by atoms with Gasteiger partial charge in [-0.2, -0.15) is 0 Å². The Morgan fingerprint density at radius 2 is 1.68 bits per heavy atom. The number of nitrogens with one attached hydrogen (secondary N) is 1. The molecule has 0 bridgehead atoms. The third-order valence-electron chi connectivity index (χ3n) is 5.10. The lowest BCUT2D eigenvalue weighted by molar-refractivity contribution is -0.152. The average Bonchev–Trinajstić information content (AvgIpc) is 2.39. The van der Waals surface area contributed by atoms with Gasteiger partial charge in [-0.15, -0.1) is 0 Å². The van der Waals surface area contributed by atoms with Crippen LogP contribution in [-0.4, -0.2) is 34.8 Å². The quantitative estimate of drug-likeness (QED) is 0.737. The maximum Gasteiger partial charge on any atom is 0.229 e. The van der Waals surface area contributed by atoms with Gasteiger partial charge in [0.1, 0.15) is 0 Å². The van der Waals surface area contributed by atoms with E-state index in [1.54, 1.807) is 4.90 Å². The molecule has 1 unspecified atom stereocenters. The minimum Gasteiger partial charge on any atom is -0.311 e. The second-order valence-electron chi connectivity index (χ2n) is 6.43. The van der Waals surface area contributed by atoms with E-state index in [-0.39, 0.29) is 23.4 Å². The predicted octanol–water partition coefficient (Wildman–Crippen LogP) is 1.98. The summed E-state index contributed by atoms with van der Waals surface area (Å²) in [5.41, 5.74) is 0.208. The zero-order chi connectivity index (χ0) is 13.3. The largest absolute Gasteiger partial charge is 0.311 e. The lowest BCUT2D eigenvalue weighted by Gasteiger charge is -2.47. The highest BCUT2D eigenvalue weighted by atomic mass is 16.2. The fourth-order valence-electron chi connectivity index (χ4n) is 4.14. The molecule has 4 nitrogen and oxygen atoms in total. The maximum atomic E-state index is 12.1. The molecule has 0 aromatic rings. The summed E-state index contributed by atoms with van der Waals surface area (Å²) >= 11 is 0. The van der Waals surface area contributed by atoms with Gasteiger partial charge >= 0.3 is 0 Å². The molecule has 1 N–H and O–H groups in total. The van der Waals surface area contributed by atoms with Gasteiger partial charge in [-0.3, -0.25) is 14.5 Å². The van der Waals surface area contributed by atoms with Crippen LogP contribution in [-0.2, 0) is 9.59 Å². The van der Waals surface area contributed by atoms with Crippen LogP contribution < -0.4 is 5.32 Å². The Balaban J connectivity index is 1.73. The molecule has 0 aromatic carbocycles. The van der Waals surface area contributed by atoms with E-state index < -0.39 is 0 Å². The van der Waals surface area contributed by atoms with Gasteiger partial charge in [-0.25, -0.2) is 0 Å². The van der Waals surface area contributed by atoms with Crippen LogP contribution in [0.25, 0.3) is 0 Å². The van der Waals surface area contributed by atoms with Crippen LogP contribution in [0, 0.1) is 0 Å². The summed E-state index contributed by atoms with van der Waals surface area (Å²) < 4.78 is 0. The van der Waals surface area contributed by atoms with Crippen molar-refractivity contribution < 1.29 is 9.59 Å². The molecule has 106 valence electrons. The molecule has 0 radical (unpaired) electrons. The Morgan fingerprint density at radius 1 is 1.00 bits per heavy atom. The topological polar surface area (TPSA) is 49.4 Å². The van der Waals surface area contributed by atoms with Gasteiger partial charge in [0, 0.05) is 24.4 Å². The number of amides is 2. The van der Waals surface area contributed by atoms with E-state index in [0.29, 0.717) is 12.8 Å². The average molecular weight is 264 g/mol. The van der Waals surface area contributed by atoms with Crippen molar-refractivity contribution in [3.05, 3.63) is 0 Å². The van der Waals surface area contributed by atoms with E-state index in [2.05, 4.69) is 5.32 Å². The highest BCUT2D eigenvalue weighted by Gasteiger charge is 2.42. The van der Waals surface area contributed by atoms with E-state index >= 15 is 0 Å². The summed E-state index contributed by atoms with van der Waals surface area (Å²) in [7, 11) is 0. The second kappa shape index (κ2) is 5.23. The van der Waals surface area contributed by atoms with E-state index in [0.717, 1.165) is 25.8 Å². The molecule has 4 heteroatoms. The Kier molecular flexibility index (Phi) is 3.61. The molecule has 1 atom stereocenters. The number of hydrogen-bond donors (Lipinski definition) is 1. The fraction of sp³-hybridized carbons (Fsp3) is 0.867. The lowest BCUT2D eigenvalue weighted by atomic mass is 9.74. The zero-order valence-electron chi connectivity index (χ0n) is 11.6. The molecular weight excluding hydrogens is 240 g/mol. The van der Waals surface area contributed by atoms with E-state index in [9.17, 15) is 9.59 Å². The van der Waals surface area contributed by atoms with Crippen LogP contribution in [0.1, 0.15) is 64.2 Å². The van der Waals surface area contributed by atoms with Crippen LogP contribution in [0.3, 0.4) is 0 Å². The molecule has 2 saturated heterocycles. The van der Waals surface area contributed by atoms with Crippen molar-refractivity contribution in [1.29, 1.82) is 0 Å². The van der Waals surface area contributed by atoms with Crippen molar-refractivity contribution in [3.8, 4) is 0 Å². The number of likely N-dealkylation sites (tertiary alicyclic amines) is 1. The van der Waals surface area contributed by atoms with E-state index in [1.807, 2.05) is 0 Å². The first kappa shape index (κ1) is 13.1. The van der Waals surface area contributed by atoms with Crippen LogP contribution >= 0.6 is 0 Å². The Hall–Kier alpha value is -0.900. The number of carbonyl (C=O) groups is 2. The summed E-state index contributed by atoms with van der Waals surface area (Å²) in [5, 5.41) is 3.68. The molecule has 1 saturated carbocycles. The van der Waals surface area contributed by atoms with Crippen molar-refractivity contribution in [2.45, 2.75) is 75.8 Å². The standard InChI is InChI=1S/C15H24N2O2/c18-13-5-4-6-14(19)17(13)12-7-10-16-15(11-12)8-2-1-3-9-15/h12,16H,1-11H2. The van der Waals surface area contributed by atoms with E-state index in [4.69, 9.17) is 0 Å². The molecule has 3 fully saturated rings. The van der Waals surface area contributed by atoms with Gasteiger partial charge in [0.2, 0.25) is 11.8 Å². The van der Waals surface area contributed by atoms with Gasteiger partial charge in [0.05, 0.1) is 0 Å². The summed E-state index contributed by atoms with van der Waals surface area (Å²) in [6.07, 6.45) is 10.1. The third kappa shape index (κ3) is 2.55. The van der Waals surface area contributed by atoms with E-state index in [1.165, 1.54) is 32.1 Å². The van der Waals surface area contributed by atoms with Crippen molar-refractivity contribution in [1.82, 2.24) is 10.2 Å². The van der Waals surface area contributed by atoms with Crippen LogP contribution in [0.2, 0.25) is 0 Å². The van der Waals surface area contributed by atoms with Gasteiger partial charge in [0.15, 0.2) is 0 Å². The van der Waals surface area contributed by atoms with Gasteiger partial charge in [-0.1, -0.05) is 19.3 Å². The summed E-state index contributed by atoms with van der Waals surface area (Å²) in [6, 6.07) is 0.152. The number of piperidine rings is 2. The molecule has 3 rings (SSSR count). The van der Waals surface area contributed by atoms with Crippen molar-refractivity contribution in [2.75, 3.05) is 6.54 Å². The lowest BCUT2D eigenvalue weighted by Crippen LogP contribution is -2.59. The number of carbonyl (C=O) groups excluding carboxylic acids is 2. The predicted molar refractivity (Wildman–Crippen MR) is 72.5 cm³/mol. The number of rotatable bonds is 1. The van der Waals surface area contributed by atoms with Crippen molar-refractivity contribution >= 4 is 11.8 Å². The normalized spacial score (nSPS) is 31.8. The number of nitrogens with zero attached hydrogens (tertiary/aromatic N) is 1. The molecule has 2 heterocycles. The maximum absolute atomic E-state index is 12.1. The van der Waals surface area contributed by atoms with Gasteiger partial charge in [-0.05, 0) is 38.6 Å². The third-order valence-corrected chi connectivity index (χ3v) is 5.10. The first-order valence-corrected chi connectivity index (χ1v) is 7.80. The van der Waals surface area contributed by atoms with Crippen LogP contribution in [0.4, 0.5) is 0 Å². The summed E-state index contributed by atoms with van der Waals surface area (Å²) in [4.78, 5) is 25.7. The second-order valence-corrected chi connectivity index (χ2v) is 6.43. The molecule has 2 amide bonds. The molecule has 1 spiro atoms. The summed E-state index contributed by atoms with van der Waals surface area (Å²) in [6.45, 7) is 0.946. The zero-order valence-corrected chi connectivity index (χ0v) is 11.6. The van der Waals surface area contributed by atoms with Gasteiger partial charge < -0.3 is 5.32 Å². The molecule has 2 aliphatic heterocycles. The highest BCUT2D eigenvalue weighted by Crippen LogP contribution is 2.36. The van der Waals surface area contributed by atoms with Crippen LogP contribution in [0.5, 0.6) is 0 Å². The molecule has 0 aromatic heterocycles. The number of hydrogen-bond acceptors (Lipinski definition) is 3. The minimum absolute atomic E-state index is 0.0640. The number of imide groups is 1. The fourth-order valence-corrected chi connectivity index (χ4v) is 4.14. The van der Waals surface area contributed by atoms with Crippen molar-refractivity contribution in [2.24, 2.45) is 0 Å². The summed E-state index contributed by atoms with van der Waals surface area (Å²) in [5.74, 6) is 0.128. The Bertz CT molecular complexity index is 353. The van der Waals surface area contributed by atoms with Crippen molar-refractivity contribution in [3.63, 3.8) is 0 Å². The molecule has 1 aliphatic carbocycles. The monoisotopic (exact) mass is 264 g/mol.